The van der Waals surface area contributed by atoms with Crippen molar-refractivity contribution in [2.24, 2.45) is 10.3 Å². The van der Waals surface area contributed by atoms with E-state index in [1.54, 1.807) is 11.1 Å². The maximum atomic E-state index is 12.2. The summed E-state index contributed by atoms with van der Waals surface area (Å²) in [6.45, 7) is 4.40. The first kappa shape index (κ1) is 16.7. The summed E-state index contributed by atoms with van der Waals surface area (Å²) < 4.78 is 24.4. The molecule has 0 aliphatic carbocycles. The molecule has 0 radical (unpaired) electrons. The zero-order valence-electron chi connectivity index (χ0n) is 14.3. The molecule has 0 saturated carbocycles. The van der Waals surface area contributed by atoms with Crippen LogP contribution in [-0.4, -0.2) is 44.8 Å². The third kappa shape index (κ3) is 2.96. The third-order valence-corrected chi connectivity index (χ3v) is 5.50. The number of hydrogen-bond acceptors (Lipinski definition) is 6. The molecule has 0 saturated heterocycles. The van der Waals surface area contributed by atoms with Gasteiger partial charge in [-0.25, -0.2) is 8.42 Å². The van der Waals surface area contributed by atoms with Crippen molar-refractivity contribution in [3.05, 3.63) is 41.1 Å². The highest BCUT2D eigenvalue weighted by atomic mass is 32.2. The summed E-state index contributed by atoms with van der Waals surface area (Å²) in [4.78, 5) is 5.41. The van der Waals surface area contributed by atoms with E-state index in [0.29, 0.717) is 29.2 Å². The molecule has 7 heteroatoms. The predicted molar refractivity (Wildman–Crippen MR) is 94.1 cm³/mol. The third-order valence-electron chi connectivity index (χ3n) is 4.36. The Morgan fingerprint density at radius 2 is 2.04 bits per heavy atom. The summed E-state index contributed by atoms with van der Waals surface area (Å²) in [7, 11) is -1.48. The molecule has 24 heavy (non-hydrogen) atoms. The zero-order valence-corrected chi connectivity index (χ0v) is 15.1. The number of benzene rings is 1. The average Bonchev–Trinajstić information content (AvgIpc) is 3.00. The van der Waals surface area contributed by atoms with Gasteiger partial charge in [-0.1, -0.05) is 17.3 Å². The molecular weight excluding hydrogens is 326 g/mol. The molecule has 2 aliphatic rings. The molecule has 6 nitrogen and oxygen atoms in total. The van der Waals surface area contributed by atoms with E-state index in [2.05, 4.69) is 16.3 Å². The summed E-state index contributed by atoms with van der Waals surface area (Å²) in [6, 6.07) is 3.55. The minimum Gasteiger partial charge on any atom is -0.395 e. The Hall–Kier alpha value is -2.15. The van der Waals surface area contributed by atoms with E-state index < -0.39 is 9.84 Å². The van der Waals surface area contributed by atoms with E-state index in [1.807, 2.05) is 33.2 Å². The monoisotopic (exact) mass is 347 g/mol. The number of hydrogen-bond donors (Lipinski definition) is 0. The van der Waals surface area contributed by atoms with Crippen LogP contribution in [0.2, 0.25) is 0 Å². The van der Waals surface area contributed by atoms with Crippen LogP contribution < -0.4 is 0 Å². The van der Waals surface area contributed by atoms with Gasteiger partial charge in [0.2, 0.25) is 0 Å². The maximum absolute atomic E-state index is 12.2. The van der Waals surface area contributed by atoms with Crippen molar-refractivity contribution in [3.8, 4) is 0 Å². The summed E-state index contributed by atoms with van der Waals surface area (Å²) >= 11 is 0. The molecule has 1 unspecified atom stereocenters. The number of oxime groups is 1. The van der Waals surface area contributed by atoms with E-state index in [-0.39, 0.29) is 5.92 Å². The predicted octanol–water partition coefficient (Wildman–Crippen LogP) is 2.44. The second kappa shape index (κ2) is 6.05. The van der Waals surface area contributed by atoms with Gasteiger partial charge in [0.15, 0.2) is 9.84 Å². The van der Waals surface area contributed by atoms with Gasteiger partial charge in [0.25, 0.3) is 0 Å². The van der Waals surface area contributed by atoms with Crippen molar-refractivity contribution in [1.82, 2.24) is 5.01 Å². The minimum atomic E-state index is -3.36. The van der Waals surface area contributed by atoms with Gasteiger partial charge >= 0.3 is 0 Å². The summed E-state index contributed by atoms with van der Waals surface area (Å²) in [5.41, 5.74) is 4.29. The van der Waals surface area contributed by atoms with E-state index in [1.165, 1.54) is 6.26 Å². The molecule has 0 fully saturated rings. The summed E-state index contributed by atoms with van der Waals surface area (Å²) in [6.07, 6.45) is 5.82. The van der Waals surface area contributed by atoms with Crippen LogP contribution in [0, 0.1) is 6.92 Å². The lowest BCUT2D eigenvalue weighted by Crippen LogP contribution is -2.20. The highest BCUT2D eigenvalue weighted by Gasteiger charge is 2.27. The van der Waals surface area contributed by atoms with Crippen LogP contribution in [0.3, 0.4) is 0 Å². The molecular formula is C17H21N3O3S. The Morgan fingerprint density at radius 1 is 1.29 bits per heavy atom. The van der Waals surface area contributed by atoms with Crippen molar-refractivity contribution in [2.75, 3.05) is 19.9 Å². The Morgan fingerprint density at radius 3 is 2.62 bits per heavy atom. The second-order valence-corrected chi connectivity index (χ2v) is 8.16. The van der Waals surface area contributed by atoms with Crippen LogP contribution in [-0.2, 0) is 14.7 Å². The fourth-order valence-corrected chi connectivity index (χ4v) is 4.17. The number of hydrazone groups is 1. The molecule has 1 atom stereocenters. The Kier molecular flexibility index (Phi) is 4.21. The molecule has 0 bridgehead atoms. The molecule has 0 aromatic heterocycles. The average molecular weight is 347 g/mol. The van der Waals surface area contributed by atoms with E-state index in [0.717, 1.165) is 16.8 Å². The molecule has 0 N–H and O–H groups in total. The molecule has 3 rings (SSSR count). The van der Waals surface area contributed by atoms with Crippen LogP contribution in [0.1, 0.15) is 36.0 Å². The SMILES string of the molecule is CC1=NN(C)C=CC1c1ccc(S(C)(=O)=O)c(C2=NOCC2)c1C. The van der Waals surface area contributed by atoms with Gasteiger partial charge in [0, 0.05) is 43.1 Å². The van der Waals surface area contributed by atoms with Crippen LogP contribution in [0.4, 0.5) is 0 Å². The topological polar surface area (TPSA) is 71.3 Å². The van der Waals surface area contributed by atoms with Crippen molar-refractivity contribution in [1.29, 1.82) is 0 Å². The maximum Gasteiger partial charge on any atom is 0.176 e. The standard InChI is InChI=1S/C17H21N3O3S/c1-11-13(14-7-9-20(3)18-12(14)2)5-6-16(24(4,21)22)17(11)15-8-10-23-19-15/h5-7,9,14H,8,10H2,1-4H3. The molecule has 1 aromatic carbocycles. The van der Waals surface area contributed by atoms with Gasteiger partial charge < -0.3 is 4.84 Å². The fraction of sp³-hybridized carbons (Fsp3) is 0.412. The van der Waals surface area contributed by atoms with E-state index >= 15 is 0 Å². The Bertz CT molecular complexity index is 869. The summed E-state index contributed by atoms with van der Waals surface area (Å²) in [5, 5.41) is 10.3. The van der Waals surface area contributed by atoms with Crippen molar-refractivity contribution >= 4 is 21.3 Å². The number of sulfone groups is 1. The first-order valence-electron chi connectivity index (χ1n) is 7.78. The lowest BCUT2D eigenvalue weighted by atomic mass is 9.87. The van der Waals surface area contributed by atoms with Gasteiger partial charge in [-0.15, -0.1) is 0 Å². The highest BCUT2D eigenvalue weighted by Crippen LogP contribution is 2.32. The Balaban J connectivity index is 2.19. The lowest BCUT2D eigenvalue weighted by molar-refractivity contribution is 0.174. The first-order chi connectivity index (χ1) is 11.3. The van der Waals surface area contributed by atoms with Crippen LogP contribution in [0.25, 0.3) is 0 Å². The molecule has 1 aromatic rings. The molecule has 2 heterocycles. The fourth-order valence-electron chi connectivity index (χ4n) is 3.21. The summed E-state index contributed by atoms with van der Waals surface area (Å²) in [5.74, 6) is 0.0245. The van der Waals surface area contributed by atoms with Crippen LogP contribution in [0.5, 0.6) is 0 Å². The Labute approximate surface area is 142 Å². The number of allylic oxidation sites excluding steroid dienone is 1. The second-order valence-electron chi connectivity index (χ2n) is 6.18. The number of rotatable bonds is 3. The van der Waals surface area contributed by atoms with Crippen LogP contribution in [0.15, 0.2) is 39.6 Å². The normalized spacial score (nSPS) is 20.7. The van der Waals surface area contributed by atoms with Crippen LogP contribution >= 0.6 is 0 Å². The highest BCUT2D eigenvalue weighted by molar-refractivity contribution is 7.90. The van der Waals surface area contributed by atoms with E-state index in [9.17, 15) is 8.42 Å². The van der Waals surface area contributed by atoms with Gasteiger partial charge in [0.05, 0.1) is 10.6 Å². The van der Waals surface area contributed by atoms with Crippen molar-refractivity contribution in [3.63, 3.8) is 0 Å². The van der Waals surface area contributed by atoms with Gasteiger partial charge in [-0.2, -0.15) is 5.10 Å². The number of nitrogens with zero attached hydrogens (tertiary/aromatic N) is 3. The molecule has 0 amide bonds. The van der Waals surface area contributed by atoms with Crippen molar-refractivity contribution < 1.29 is 13.3 Å². The van der Waals surface area contributed by atoms with Crippen molar-refractivity contribution in [2.45, 2.75) is 31.1 Å². The van der Waals surface area contributed by atoms with Gasteiger partial charge in [0.1, 0.15) is 6.61 Å². The largest absolute Gasteiger partial charge is 0.395 e. The zero-order chi connectivity index (χ0) is 17.5. The van der Waals surface area contributed by atoms with Gasteiger partial charge in [-0.05, 0) is 31.0 Å². The smallest absolute Gasteiger partial charge is 0.176 e. The molecule has 0 spiro atoms. The van der Waals surface area contributed by atoms with E-state index in [4.69, 9.17) is 4.84 Å². The van der Waals surface area contributed by atoms with Gasteiger partial charge in [-0.3, -0.25) is 5.01 Å². The first-order valence-corrected chi connectivity index (χ1v) is 9.67. The molecule has 128 valence electrons. The quantitative estimate of drug-likeness (QED) is 0.842. The minimum absolute atomic E-state index is 0.0245. The lowest BCUT2D eigenvalue weighted by Gasteiger charge is -2.24. The molecule has 2 aliphatic heterocycles.